The average Bonchev–Trinajstić information content (AvgIpc) is 2.52. The van der Waals surface area contributed by atoms with Crippen molar-refractivity contribution in [2.45, 2.75) is 0 Å². The number of hydrogen-bond donors (Lipinski definition) is 3. The van der Waals surface area contributed by atoms with E-state index in [4.69, 9.17) is 24.6 Å². The molecule has 0 saturated carbocycles. The van der Waals surface area contributed by atoms with Gasteiger partial charge >= 0.3 is 5.97 Å². The molecule has 0 aliphatic carbocycles. The first kappa shape index (κ1) is 18.9. The van der Waals surface area contributed by atoms with Gasteiger partial charge in [-0.2, -0.15) is 0 Å². The lowest BCUT2D eigenvalue weighted by Gasteiger charge is -2.07. The molecule has 0 saturated heterocycles. The molecule has 128 valence electrons. The zero-order valence-corrected chi connectivity index (χ0v) is 12.5. The van der Waals surface area contributed by atoms with Crippen molar-refractivity contribution in [3.05, 3.63) is 29.8 Å². The molecule has 0 aliphatic rings. The lowest BCUT2D eigenvalue weighted by atomic mass is 10.2. The van der Waals surface area contributed by atoms with Crippen molar-refractivity contribution >= 4 is 12.0 Å². The summed E-state index contributed by atoms with van der Waals surface area (Å²) in [7, 11) is 1.43. The van der Waals surface area contributed by atoms with Gasteiger partial charge in [0.25, 0.3) is 0 Å². The number of methoxy groups -OCH3 is 1. The van der Waals surface area contributed by atoms with Crippen molar-refractivity contribution < 1.29 is 39.4 Å². The van der Waals surface area contributed by atoms with Crippen molar-refractivity contribution in [2.24, 2.45) is 0 Å². The summed E-state index contributed by atoms with van der Waals surface area (Å²) in [6, 6.07) is 4.66. The maximum atomic E-state index is 11.5. The fourth-order valence-corrected chi connectivity index (χ4v) is 1.49. The van der Waals surface area contributed by atoms with Gasteiger partial charge in [-0.05, 0) is 23.8 Å². The van der Waals surface area contributed by atoms with Gasteiger partial charge in [0.15, 0.2) is 11.5 Å². The summed E-state index contributed by atoms with van der Waals surface area (Å²) in [6.45, 7) is 0.249. The summed E-state index contributed by atoms with van der Waals surface area (Å²) < 4.78 is 14.9. The second-order valence-corrected chi connectivity index (χ2v) is 4.13. The second-order valence-electron chi connectivity index (χ2n) is 4.13. The molecule has 1 aromatic rings. The molecule has 0 heterocycles. The number of phenols is 1. The number of nitrogens with zero attached hydrogens (tertiary/aromatic N) is 1. The van der Waals surface area contributed by atoms with Crippen LogP contribution in [0.5, 0.6) is 11.5 Å². The summed E-state index contributed by atoms with van der Waals surface area (Å²) in [6.07, 6.45) is 2.76. The molecule has 0 amide bonds. The molecule has 0 aromatic heterocycles. The Morgan fingerprint density at radius 2 is 1.96 bits per heavy atom. The molecule has 9 nitrogen and oxygen atoms in total. The summed E-state index contributed by atoms with van der Waals surface area (Å²) in [5.74, 6) is -0.229. The van der Waals surface area contributed by atoms with Gasteiger partial charge in [-0.1, -0.05) is 6.07 Å². The third-order valence-electron chi connectivity index (χ3n) is 2.52. The van der Waals surface area contributed by atoms with Gasteiger partial charge in [0.1, 0.15) is 6.61 Å². The first-order chi connectivity index (χ1) is 11.0. The zero-order chi connectivity index (χ0) is 17.1. The van der Waals surface area contributed by atoms with Crippen LogP contribution >= 0.6 is 0 Å². The highest BCUT2D eigenvalue weighted by atomic mass is 17.1. The van der Waals surface area contributed by atoms with Gasteiger partial charge < -0.3 is 19.3 Å². The van der Waals surface area contributed by atoms with E-state index in [-0.39, 0.29) is 32.2 Å². The van der Waals surface area contributed by atoms with E-state index >= 15 is 0 Å². The van der Waals surface area contributed by atoms with Crippen molar-refractivity contribution in [3.63, 3.8) is 0 Å². The molecule has 0 bridgehead atoms. The van der Waals surface area contributed by atoms with Crippen molar-refractivity contribution in [1.29, 1.82) is 0 Å². The molecule has 9 heteroatoms. The van der Waals surface area contributed by atoms with E-state index in [1.54, 1.807) is 12.1 Å². The van der Waals surface area contributed by atoms with E-state index in [9.17, 15) is 9.90 Å². The Balaban J connectivity index is 2.23. The van der Waals surface area contributed by atoms with Crippen LogP contribution in [0, 0.1) is 0 Å². The molecular formula is C14H19NO8. The summed E-state index contributed by atoms with van der Waals surface area (Å²) in [4.78, 5) is 15.7. The molecule has 0 atom stereocenters. The van der Waals surface area contributed by atoms with Crippen LogP contribution < -0.4 is 4.74 Å². The Labute approximate surface area is 132 Å². The standard InChI is InChI=1S/C14H19NO8/c1-20-13-10-11(2-4-12(13)16)3-5-14(17)22-8-6-21-7-9-23-15(18)19/h2-5,10,16,18-19H,6-9H2,1H3/b5-3+. The predicted molar refractivity (Wildman–Crippen MR) is 76.8 cm³/mol. The van der Waals surface area contributed by atoms with Gasteiger partial charge in [-0.25, -0.2) is 9.63 Å². The minimum Gasteiger partial charge on any atom is -0.504 e. The number of ether oxygens (including phenoxy) is 3. The molecule has 0 aliphatic heterocycles. The minimum absolute atomic E-state index is 0.0128. The number of benzene rings is 1. The molecule has 0 unspecified atom stereocenters. The molecule has 3 N–H and O–H groups in total. The minimum atomic E-state index is -0.547. The normalized spacial score (nSPS) is 11.1. The van der Waals surface area contributed by atoms with E-state index in [1.165, 1.54) is 25.3 Å². The smallest absolute Gasteiger partial charge is 0.330 e. The van der Waals surface area contributed by atoms with Crippen molar-refractivity contribution in [1.82, 2.24) is 5.39 Å². The first-order valence-electron chi connectivity index (χ1n) is 6.63. The first-order valence-corrected chi connectivity index (χ1v) is 6.63. The van der Waals surface area contributed by atoms with Crippen LogP contribution in [-0.2, 0) is 19.1 Å². The predicted octanol–water partition coefficient (Wildman–Crippen LogP) is 0.986. The number of carbonyl (C=O) groups excluding carboxylic acids is 1. The maximum Gasteiger partial charge on any atom is 0.330 e. The van der Waals surface area contributed by atoms with Crippen LogP contribution in [0.15, 0.2) is 24.3 Å². The lowest BCUT2D eigenvalue weighted by molar-refractivity contribution is -0.493. The number of rotatable bonds is 10. The van der Waals surface area contributed by atoms with Crippen molar-refractivity contribution in [2.75, 3.05) is 33.5 Å². The Kier molecular flexibility index (Phi) is 8.65. The van der Waals surface area contributed by atoms with E-state index < -0.39 is 11.4 Å². The maximum absolute atomic E-state index is 11.5. The molecule has 0 spiro atoms. The third-order valence-corrected chi connectivity index (χ3v) is 2.52. The highest BCUT2D eigenvalue weighted by Gasteiger charge is 2.02. The van der Waals surface area contributed by atoms with E-state index in [0.29, 0.717) is 11.3 Å². The van der Waals surface area contributed by atoms with E-state index in [0.717, 1.165) is 0 Å². The van der Waals surface area contributed by atoms with Crippen LogP contribution in [0.4, 0.5) is 0 Å². The van der Waals surface area contributed by atoms with Crippen LogP contribution in [-0.4, -0.2) is 60.4 Å². The molecule has 23 heavy (non-hydrogen) atoms. The number of phenolic OH excluding ortho intramolecular Hbond substituents is 1. The Hall–Kier alpha value is -2.17. The summed E-state index contributed by atoms with van der Waals surface area (Å²) in [5, 5.41) is 25.5. The second kappa shape index (κ2) is 10.5. The summed E-state index contributed by atoms with van der Waals surface area (Å²) >= 11 is 0. The van der Waals surface area contributed by atoms with E-state index in [2.05, 4.69) is 4.84 Å². The van der Waals surface area contributed by atoms with Crippen molar-refractivity contribution in [3.8, 4) is 11.5 Å². The van der Waals surface area contributed by atoms with Gasteiger partial charge in [-0.15, -0.1) is 0 Å². The highest BCUT2D eigenvalue weighted by molar-refractivity contribution is 5.87. The van der Waals surface area contributed by atoms with Crippen LogP contribution in [0.3, 0.4) is 0 Å². The van der Waals surface area contributed by atoms with Gasteiger partial charge in [-0.3, -0.25) is 10.4 Å². The van der Waals surface area contributed by atoms with E-state index in [1.807, 2.05) is 0 Å². The third kappa shape index (κ3) is 8.14. The number of carbonyl (C=O) groups is 1. The van der Waals surface area contributed by atoms with Gasteiger partial charge in [0, 0.05) is 6.08 Å². The van der Waals surface area contributed by atoms with Crippen LogP contribution in [0.25, 0.3) is 6.08 Å². The molecule has 0 fully saturated rings. The lowest BCUT2D eigenvalue weighted by Crippen LogP contribution is -2.18. The molecular weight excluding hydrogens is 310 g/mol. The largest absolute Gasteiger partial charge is 0.504 e. The van der Waals surface area contributed by atoms with Crippen LogP contribution in [0.2, 0.25) is 0 Å². The monoisotopic (exact) mass is 329 g/mol. The highest BCUT2D eigenvalue weighted by Crippen LogP contribution is 2.26. The average molecular weight is 329 g/mol. The fourth-order valence-electron chi connectivity index (χ4n) is 1.49. The summed E-state index contributed by atoms with van der Waals surface area (Å²) in [5.41, 5.74) is 0.669. The number of esters is 1. The topological polar surface area (TPSA) is 118 Å². The zero-order valence-electron chi connectivity index (χ0n) is 12.5. The quantitative estimate of drug-likeness (QED) is 0.250. The molecule has 0 radical (unpaired) electrons. The Morgan fingerprint density at radius 1 is 1.22 bits per heavy atom. The fraction of sp³-hybridized carbons (Fsp3) is 0.357. The molecule has 1 rings (SSSR count). The number of hydrogen-bond acceptors (Lipinski definition) is 9. The van der Waals surface area contributed by atoms with Gasteiger partial charge in [0.05, 0.1) is 32.3 Å². The van der Waals surface area contributed by atoms with Gasteiger partial charge in [0.2, 0.25) is 0 Å². The molecule has 1 aromatic carbocycles. The Bertz CT molecular complexity index is 517. The number of aromatic hydroxyl groups is 1. The SMILES string of the molecule is COc1cc(/C=C/C(=O)OCCOCCON(O)O)ccc1O. The van der Waals surface area contributed by atoms with Crippen LogP contribution in [0.1, 0.15) is 5.56 Å². The Morgan fingerprint density at radius 3 is 2.65 bits per heavy atom.